The summed E-state index contributed by atoms with van der Waals surface area (Å²) in [7, 11) is 0. The lowest BCUT2D eigenvalue weighted by atomic mass is 9.83. The lowest BCUT2D eigenvalue weighted by Crippen LogP contribution is -2.02. The third kappa shape index (κ3) is 2.64. The molecule has 1 unspecified atom stereocenters. The predicted molar refractivity (Wildman–Crippen MR) is 98.7 cm³/mol. The summed E-state index contributed by atoms with van der Waals surface area (Å²) < 4.78 is 0. The zero-order valence-corrected chi connectivity index (χ0v) is 12.9. The van der Waals surface area contributed by atoms with E-state index < -0.39 is 0 Å². The Balaban J connectivity index is 1.97. The summed E-state index contributed by atoms with van der Waals surface area (Å²) in [5.41, 5.74) is 6.50. The first-order valence-corrected chi connectivity index (χ1v) is 8.02. The maximum atomic E-state index is 2.27. The smallest absolute Gasteiger partial charge is 0.0211 e. The number of rotatable bonds is 2. The summed E-state index contributed by atoms with van der Waals surface area (Å²) in [6.07, 6.45) is 15.5. The molecule has 0 heterocycles. The van der Waals surface area contributed by atoms with E-state index in [4.69, 9.17) is 0 Å². The Kier molecular flexibility index (Phi) is 3.65. The predicted octanol–water partition coefficient (Wildman–Crippen LogP) is 5.84. The molecule has 0 nitrogen and oxygen atoms in total. The van der Waals surface area contributed by atoms with Crippen LogP contribution in [0.1, 0.15) is 11.1 Å². The van der Waals surface area contributed by atoms with Crippen molar-refractivity contribution in [3.8, 4) is 0 Å². The number of allylic oxidation sites excluding steroid dienone is 10. The van der Waals surface area contributed by atoms with Gasteiger partial charge in [0.05, 0.1) is 0 Å². The quantitative estimate of drug-likeness (QED) is 0.653. The summed E-state index contributed by atoms with van der Waals surface area (Å²) >= 11 is 0. The van der Waals surface area contributed by atoms with E-state index in [9.17, 15) is 0 Å². The lowest BCUT2D eigenvalue weighted by Gasteiger charge is -2.20. The second-order valence-corrected chi connectivity index (χ2v) is 5.80. The highest BCUT2D eigenvalue weighted by Crippen LogP contribution is 2.40. The molecule has 2 aliphatic carbocycles. The van der Waals surface area contributed by atoms with Gasteiger partial charge in [0.15, 0.2) is 0 Å². The highest BCUT2D eigenvalue weighted by Gasteiger charge is 2.20. The van der Waals surface area contributed by atoms with Gasteiger partial charge in [0.2, 0.25) is 0 Å². The Bertz CT molecular complexity index is 843. The topological polar surface area (TPSA) is 0 Å². The van der Waals surface area contributed by atoms with Crippen molar-refractivity contribution < 1.29 is 0 Å². The van der Waals surface area contributed by atoms with E-state index in [1.165, 1.54) is 27.8 Å². The van der Waals surface area contributed by atoms with Gasteiger partial charge >= 0.3 is 0 Å². The van der Waals surface area contributed by atoms with E-state index in [0.717, 1.165) is 0 Å². The maximum absolute atomic E-state index is 2.27. The highest BCUT2D eigenvalue weighted by atomic mass is 14.2. The van der Waals surface area contributed by atoms with E-state index in [1.807, 2.05) is 0 Å². The molecule has 0 bridgehead atoms. The normalized spacial score (nSPS) is 19.3. The van der Waals surface area contributed by atoms with Crippen molar-refractivity contribution in [1.29, 1.82) is 0 Å². The van der Waals surface area contributed by atoms with Gasteiger partial charge in [0, 0.05) is 5.92 Å². The molecule has 0 amide bonds. The molecular weight excluding hydrogens is 276 g/mol. The van der Waals surface area contributed by atoms with Crippen molar-refractivity contribution in [3.63, 3.8) is 0 Å². The van der Waals surface area contributed by atoms with Gasteiger partial charge in [-0.05, 0) is 27.8 Å². The Labute approximate surface area is 137 Å². The summed E-state index contributed by atoms with van der Waals surface area (Å²) in [6.45, 7) is 0. The van der Waals surface area contributed by atoms with E-state index in [1.54, 1.807) is 0 Å². The number of fused-ring (bicyclic) bond motifs is 1. The first-order valence-electron chi connectivity index (χ1n) is 8.02. The lowest BCUT2D eigenvalue weighted by molar-refractivity contribution is 1.00. The van der Waals surface area contributed by atoms with Crippen LogP contribution in [-0.4, -0.2) is 0 Å². The number of hydrogen-bond acceptors (Lipinski definition) is 0. The fourth-order valence-electron chi connectivity index (χ4n) is 3.27. The van der Waals surface area contributed by atoms with Gasteiger partial charge in [0.1, 0.15) is 0 Å². The van der Waals surface area contributed by atoms with Gasteiger partial charge in [-0.25, -0.2) is 0 Å². The zero-order chi connectivity index (χ0) is 15.5. The van der Waals surface area contributed by atoms with Crippen LogP contribution in [0.4, 0.5) is 0 Å². The van der Waals surface area contributed by atoms with Crippen molar-refractivity contribution in [2.75, 3.05) is 0 Å². The highest BCUT2D eigenvalue weighted by molar-refractivity contribution is 6.08. The molecule has 0 heteroatoms. The van der Waals surface area contributed by atoms with Gasteiger partial charge in [-0.3, -0.25) is 0 Å². The summed E-state index contributed by atoms with van der Waals surface area (Å²) in [5.74, 6) is 0.340. The van der Waals surface area contributed by atoms with Crippen LogP contribution in [0.3, 0.4) is 0 Å². The van der Waals surface area contributed by atoms with Crippen molar-refractivity contribution in [3.05, 3.63) is 120 Å². The summed E-state index contributed by atoms with van der Waals surface area (Å²) in [5, 5.41) is 0. The minimum Gasteiger partial charge on any atom is -0.0732 e. The first kappa shape index (κ1) is 13.8. The Morgan fingerprint density at radius 1 is 0.609 bits per heavy atom. The molecule has 0 N–H and O–H groups in total. The SMILES string of the molecule is C1=CC2=C(c3ccccc3)C(c3ccccc3)=CC=CC2C=C1. The molecule has 0 aliphatic heterocycles. The standard InChI is InChI=1S/C23H18/c1-3-10-18(11-4-1)22-17-9-15-19-12-7-8-16-21(19)23(22)20-13-5-2-6-14-20/h1-17,19H. The van der Waals surface area contributed by atoms with E-state index >= 15 is 0 Å². The third-order valence-corrected chi connectivity index (χ3v) is 4.35. The average molecular weight is 294 g/mol. The van der Waals surface area contributed by atoms with Crippen molar-refractivity contribution in [2.45, 2.75) is 0 Å². The van der Waals surface area contributed by atoms with E-state index in [0.29, 0.717) is 5.92 Å². The van der Waals surface area contributed by atoms with E-state index in [-0.39, 0.29) is 0 Å². The molecule has 23 heavy (non-hydrogen) atoms. The minimum absolute atomic E-state index is 0.340. The molecule has 0 aromatic heterocycles. The van der Waals surface area contributed by atoms with Crippen LogP contribution in [0, 0.1) is 5.92 Å². The monoisotopic (exact) mass is 294 g/mol. The van der Waals surface area contributed by atoms with Crippen LogP contribution < -0.4 is 0 Å². The Morgan fingerprint density at radius 3 is 2.00 bits per heavy atom. The van der Waals surface area contributed by atoms with Crippen LogP contribution in [0.25, 0.3) is 11.1 Å². The number of hydrogen-bond donors (Lipinski definition) is 0. The second kappa shape index (κ2) is 6.10. The second-order valence-electron chi connectivity index (χ2n) is 5.80. The Morgan fingerprint density at radius 2 is 1.26 bits per heavy atom. The number of benzene rings is 2. The molecule has 2 aliphatic rings. The molecule has 0 spiro atoms. The van der Waals surface area contributed by atoms with E-state index in [2.05, 4.69) is 103 Å². The largest absolute Gasteiger partial charge is 0.0732 e. The molecule has 110 valence electrons. The fourth-order valence-corrected chi connectivity index (χ4v) is 3.27. The minimum atomic E-state index is 0.340. The van der Waals surface area contributed by atoms with Crippen molar-refractivity contribution >= 4 is 11.1 Å². The molecule has 2 aromatic carbocycles. The third-order valence-electron chi connectivity index (χ3n) is 4.35. The van der Waals surface area contributed by atoms with Crippen LogP contribution in [0.15, 0.2) is 109 Å². The van der Waals surface area contributed by atoms with Gasteiger partial charge < -0.3 is 0 Å². The molecule has 0 fully saturated rings. The molecule has 2 aromatic rings. The van der Waals surface area contributed by atoms with Crippen molar-refractivity contribution in [2.24, 2.45) is 5.92 Å². The maximum Gasteiger partial charge on any atom is 0.0211 e. The molecule has 0 radical (unpaired) electrons. The molecule has 0 saturated heterocycles. The van der Waals surface area contributed by atoms with Crippen LogP contribution in [-0.2, 0) is 0 Å². The summed E-state index contributed by atoms with van der Waals surface area (Å²) in [4.78, 5) is 0. The summed E-state index contributed by atoms with van der Waals surface area (Å²) in [6, 6.07) is 21.3. The van der Waals surface area contributed by atoms with Crippen LogP contribution in [0.2, 0.25) is 0 Å². The van der Waals surface area contributed by atoms with Gasteiger partial charge in [0.25, 0.3) is 0 Å². The van der Waals surface area contributed by atoms with Crippen LogP contribution >= 0.6 is 0 Å². The van der Waals surface area contributed by atoms with Crippen LogP contribution in [0.5, 0.6) is 0 Å². The first-order chi connectivity index (χ1) is 11.4. The molecular formula is C23H18. The van der Waals surface area contributed by atoms with Crippen molar-refractivity contribution in [1.82, 2.24) is 0 Å². The molecule has 1 atom stereocenters. The Hall–Kier alpha value is -2.86. The fraction of sp³-hybridized carbons (Fsp3) is 0.0435. The van der Waals surface area contributed by atoms with Gasteiger partial charge in [-0.1, -0.05) is 103 Å². The molecule has 0 saturated carbocycles. The average Bonchev–Trinajstić information content (AvgIpc) is 2.83. The molecule has 4 rings (SSSR count). The zero-order valence-electron chi connectivity index (χ0n) is 12.9. The van der Waals surface area contributed by atoms with Gasteiger partial charge in [-0.15, -0.1) is 0 Å². The van der Waals surface area contributed by atoms with Gasteiger partial charge in [-0.2, -0.15) is 0 Å².